The lowest BCUT2D eigenvalue weighted by atomic mass is 10.2. The molecule has 0 aliphatic rings. The van der Waals surface area contributed by atoms with Crippen molar-refractivity contribution in [3.05, 3.63) is 42.0 Å². The van der Waals surface area contributed by atoms with Crippen molar-refractivity contribution in [2.45, 2.75) is 13.3 Å². The summed E-state index contributed by atoms with van der Waals surface area (Å²) >= 11 is 0. The minimum atomic E-state index is 0.0555. The Balaban J connectivity index is 2.12. The molecule has 92 valence electrons. The number of carbonyl (C=O) groups is 1. The van der Waals surface area contributed by atoms with Gasteiger partial charge in [0, 0.05) is 13.1 Å². The highest BCUT2D eigenvalue weighted by Gasteiger charge is 1.96. The smallest absolute Gasteiger partial charge is 0.233 e. The summed E-state index contributed by atoms with van der Waals surface area (Å²) < 4.78 is 0. The average molecular weight is 232 g/mol. The van der Waals surface area contributed by atoms with Gasteiger partial charge in [-0.25, -0.2) is 0 Å². The Hall–Kier alpha value is -1.61. The van der Waals surface area contributed by atoms with Gasteiger partial charge in [0.2, 0.25) is 5.91 Å². The van der Waals surface area contributed by atoms with Gasteiger partial charge in [-0.3, -0.25) is 4.79 Å². The standard InChI is InChI=1S/C14H20N2O/c1-2-10-16-14(17)12-15-11-6-9-13-7-4-3-5-8-13/h3-9,15H,2,10-12H2,1H3,(H,16,17). The zero-order chi connectivity index (χ0) is 12.3. The molecule has 0 aliphatic carbocycles. The molecule has 1 amide bonds. The maximum Gasteiger partial charge on any atom is 0.233 e. The molecule has 0 atom stereocenters. The van der Waals surface area contributed by atoms with E-state index in [2.05, 4.69) is 10.6 Å². The van der Waals surface area contributed by atoms with Crippen molar-refractivity contribution in [2.75, 3.05) is 19.6 Å². The maximum atomic E-state index is 11.2. The largest absolute Gasteiger partial charge is 0.355 e. The molecule has 1 aromatic rings. The molecule has 0 aliphatic heterocycles. The van der Waals surface area contributed by atoms with Crippen molar-refractivity contribution in [3.8, 4) is 0 Å². The first-order chi connectivity index (χ1) is 8.33. The monoisotopic (exact) mass is 232 g/mol. The van der Waals surface area contributed by atoms with Gasteiger partial charge in [0.05, 0.1) is 6.54 Å². The number of carbonyl (C=O) groups excluding carboxylic acids is 1. The van der Waals surface area contributed by atoms with Crippen LogP contribution in [0.5, 0.6) is 0 Å². The van der Waals surface area contributed by atoms with Crippen LogP contribution >= 0.6 is 0 Å². The topological polar surface area (TPSA) is 41.1 Å². The summed E-state index contributed by atoms with van der Waals surface area (Å²) in [6, 6.07) is 10.1. The predicted molar refractivity (Wildman–Crippen MR) is 71.6 cm³/mol. The van der Waals surface area contributed by atoms with E-state index >= 15 is 0 Å². The molecule has 0 unspecified atom stereocenters. The van der Waals surface area contributed by atoms with Crippen molar-refractivity contribution in [2.24, 2.45) is 0 Å². The van der Waals surface area contributed by atoms with Crippen LogP contribution < -0.4 is 10.6 Å². The van der Waals surface area contributed by atoms with Gasteiger partial charge >= 0.3 is 0 Å². The van der Waals surface area contributed by atoms with Crippen molar-refractivity contribution in [3.63, 3.8) is 0 Å². The summed E-state index contributed by atoms with van der Waals surface area (Å²) in [6.45, 7) is 3.87. The molecule has 0 aromatic heterocycles. The van der Waals surface area contributed by atoms with Crippen LogP contribution in [0.1, 0.15) is 18.9 Å². The minimum absolute atomic E-state index is 0.0555. The fourth-order valence-corrected chi connectivity index (χ4v) is 1.36. The third-order valence-corrected chi connectivity index (χ3v) is 2.23. The molecule has 0 spiro atoms. The van der Waals surface area contributed by atoms with E-state index in [0.717, 1.165) is 13.0 Å². The Morgan fingerprint density at radius 2 is 2.06 bits per heavy atom. The Morgan fingerprint density at radius 3 is 2.76 bits per heavy atom. The summed E-state index contributed by atoms with van der Waals surface area (Å²) in [5.74, 6) is 0.0555. The van der Waals surface area contributed by atoms with Crippen LogP contribution in [0.15, 0.2) is 36.4 Å². The molecule has 17 heavy (non-hydrogen) atoms. The number of hydrogen-bond donors (Lipinski definition) is 2. The Kier molecular flexibility index (Phi) is 6.75. The fourth-order valence-electron chi connectivity index (χ4n) is 1.36. The van der Waals surface area contributed by atoms with E-state index in [0.29, 0.717) is 13.1 Å². The van der Waals surface area contributed by atoms with Crippen LogP contribution in [-0.2, 0) is 4.79 Å². The van der Waals surface area contributed by atoms with Crippen LogP contribution in [0.3, 0.4) is 0 Å². The Labute approximate surface area is 103 Å². The number of benzene rings is 1. The van der Waals surface area contributed by atoms with E-state index in [1.54, 1.807) is 0 Å². The molecular weight excluding hydrogens is 212 g/mol. The summed E-state index contributed by atoms with van der Waals surface area (Å²) in [6.07, 6.45) is 5.03. The number of rotatable bonds is 7. The average Bonchev–Trinajstić information content (AvgIpc) is 2.37. The molecule has 0 saturated heterocycles. The second-order valence-corrected chi connectivity index (χ2v) is 3.79. The highest BCUT2D eigenvalue weighted by atomic mass is 16.1. The second kappa shape index (κ2) is 8.53. The minimum Gasteiger partial charge on any atom is -0.355 e. The van der Waals surface area contributed by atoms with E-state index in [4.69, 9.17) is 0 Å². The third-order valence-electron chi connectivity index (χ3n) is 2.23. The van der Waals surface area contributed by atoms with Gasteiger partial charge in [-0.1, -0.05) is 49.4 Å². The Bertz CT molecular complexity index is 346. The third kappa shape index (κ3) is 6.53. The van der Waals surface area contributed by atoms with Crippen LogP contribution in [0.4, 0.5) is 0 Å². The number of nitrogens with one attached hydrogen (secondary N) is 2. The highest BCUT2D eigenvalue weighted by molar-refractivity contribution is 5.77. The summed E-state index contributed by atoms with van der Waals surface area (Å²) in [5.41, 5.74) is 1.17. The normalized spacial score (nSPS) is 10.6. The first-order valence-corrected chi connectivity index (χ1v) is 6.02. The highest BCUT2D eigenvalue weighted by Crippen LogP contribution is 1.99. The van der Waals surface area contributed by atoms with Crippen molar-refractivity contribution < 1.29 is 4.79 Å². The van der Waals surface area contributed by atoms with Crippen LogP contribution in [0.2, 0.25) is 0 Å². The van der Waals surface area contributed by atoms with Crippen molar-refractivity contribution >= 4 is 12.0 Å². The first-order valence-electron chi connectivity index (χ1n) is 6.02. The summed E-state index contributed by atoms with van der Waals surface area (Å²) in [7, 11) is 0. The lowest BCUT2D eigenvalue weighted by molar-refractivity contribution is -0.120. The van der Waals surface area contributed by atoms with E-state index < -0.39 is 0 Å². The van der Waals surface area contributed by atoms with E-state index in [9.17, 15) is 4.79 Å². The molecule has 3 heteroatoms. The second-order valence-electron chi connectivity index (χ2n) is 3.79. The van der Waals surface area contributed by atoms with Gasteiger partial charge in [0.25, 0.3) is 0 Å². The summed E-state index contributed by atoms with van der Waals surface area (Å²) in [4.78, 5) is 11.2. The molecule has 2 N–H and O–H groups in total. The SMILES string of the molecule is CCCNC(=O)CNCC=Cc1ccccc1. The number of hydrogen-bond acceptors (Lipinski definition) is 2. The lowest BCUT2D eigenvalue weighted by Gasteiger charge is -2.03. The van der Waals surface area contributed by atoms with Crippen LogP contribution in [0.25, 0.3) is 6.08 Å². The van der Waals surface area contributed by atoms with Gasteiger partial charge in [0.1, 0.15) is 0 Å². The zero-order valence-electron chi connectivity index (χ0n) is 10.3. The van der Waals surface area contributed by atoms with E-state index in [1.165, 1.54) is 5.56 Å². The predicted octanol–water partition coefficient (Wildman–Crippen LogP) is 1.82. The molecule has 0 saturated carbocycles. The van der Waals surface area contributed by atoms with Crippen LogP contribution in [-0.4, -0.2) is 25.5 Å². The molecule has 0 bridgehead atoms. The maximum absolute atomic E-state index is 11.2. The van der Waals surface area contributed by atoms with Gasteiger partial charge in [-0.05, 0) is 12.0 Å². The van der Waals surface area contributed by atoms with E-state index in [1.807, 2.05) is 49.4 Å². The molecule has 1 rings (SSSR count). The zero-order valence-corrected chi connectivity index (χ0v) is 10.3. The van der Waals surface area contributed by atoms with Gasteiger partial charge in [0.15, 0.2) is 0 Å². The summed E-state index contributed by atoms with van der Waals surface area (Å²) in [5, 5.41) is 5.88. The van der Waals surface area contributed by atoms with Gasteiger partial charge in [-0.2, -0.15) is 0 Å². The van der Waals surface area contributed by atoms with Crippen molar-refractivity contribution in [1.82, 2.24) is 10.6 Å². The Morgan fingerprint density at radius 1 is 1.29 bits per heavy atom. The molecule has 3 nitrogen and oxygen atoms in total. The molecule has 0 radical (unpaired) electrons. The molecular formula is C14H20N2O. The van der Waals surface area contributed by atoms with Gasteiger partial charge < -0.3 is 10.6 Å². The molecule has 1 aromatic carbocycles. The van der Waals surface area contributed by atoms with Crippen LogP contribution in [0, 0.1) is 0 Å². The van der Waals surface area contributed by atoms with Crippen molar-refractivity contribution in [1.29, 1.82) is 0 Å². The lowest BCUT2D eigenvalue weighted by Crippen LogP contribution is -2.34. The quantitative estimate of drug-likeness (QED) is 0.704. The number of amides is 1. The van der Waals surface area contributed by atoms with Gasteiger partial charge in [-0.15, -0.1) is 0 Å². The molecule has 0 fully saturated rings. The van der Waals surface area contributed by atoms with E-state index in [-0.39, 0.29) is 5.91 Å². The fraction of sp³-hybridized carbons (Fsp3) is 0.357. The first kappa shape index (κ1) is 13.5. The molecule has 0 heterocycles.